The molecule has 0 aliphatic heterocycles. The highest BCUT2D eigenvalue weighted by molar-refractivity contribution is 5.63. The molecule has 1 aromatic heterocycles. The number of aryl methyl sites for hydroxylation is 1. The number of anilines is 2. The Bertz CT molecular complexity index is 465. The third-order valence-corrected chi connectivity index (χ3v) is 2.73. The fourth-order valence-corrected chi connectivity index (χ4v) is 1.95. The number of rotatable bonds is 4. The van der Waals surface area contributed by atoms with Gasteiger partial charge >= 0.3 is 0 Å². The molecule has 2 heteroatoms. The van der Waals surface area contributed by atoms with E-state index in [-0.39, 0.29) is 0 Å². The molecule has 1 heterocycles. The van der Waals surface area contributed by atoms with E-state index >= 15 is 0 Å². The van der Waals surface area contributed by atoms with Crippen molar-refractivity contribution in [1.29, 1.82) is 0 Å². The number of benzene rings is 1. The fourth-order valence-electron chi connectivity index (χ4n) is 1.95. The molecule has 2 rings (SSSR count). The molecule has 1 aromatic carbocycles. The van der Waals surface area contributed by atoms with Gasteiger partial charge in [0.1, 0.15) is 0 Å². The van der Waals surface area contributed by atoms with Crippen LogP contribution in [0.15, 0.2) is 48.8 Å². The van der Waals surface area contributed by atoms with E-state index in [2.05, 4.69) is 60.1 Å². The monoisotopic (exact) mass is 226 g/mol. The lowest BCUT2D eigenvalue weighted by atomic mass is 10.2. The molecule has 0 atom stereocenters. The minimum Gasteiger partial charge on any atom is -0.341 e. The second kappa shape index (κ2) is 5.48. The van der Waals surface area contributed by atoms with Crippen molar-refractivity contribution in [3.8, 4) is 0 Å². The van der Waals surface area contributed by atoms with Crippen molar-refractivity contribution in [3.05, 3.63) is 54.4 Å². The average Bonchev–Trinajstić information content (AvgIpc) is 2.37. The minimum absolute atomic E-state index is 1.02. The van der Waals surface area contributed by atoms with Crippen LogP contribution in [0.4, 0.5) is 11.4 Å². The summed E-state index contributed by atoms with van der Waals surface area (Å²) >= 11 is 0. The Labute approximate surface area is 103 Å². The van der Waals surface area contributed by atoms with E-state index in [1.165, 1.54) is 16.9 Å². The van der Waals surface area contributed by atoms with Crippen LogP contribution in [-0.2, 0) is 0 Å². The Morgan fingerprint density at radius 3 is 2.47 bits per heavy atom. The Morgan fingerprint density at radius 2 is 1.82 bits per heavy atom. The van der Waals surface area contributed by atoms with Crippen molar-refractivity contribution in [2.45, 2.75) is 20.3 Å². The molecule has 0 aliphatic rings. The van der Waals surface area contributed by atoms with Gasteiger partial charge in [0.05, 0.1) is 0 Å². The van der Waals surface area contributed by atoms with Crippen molar-refractivity contribution in [3.63, 3.8) is 0 Å². The van der Waals surface area contributed by atoms with Gasteiger partial charge in [-0.1, -0.05) is 19.1 Å². The van der Waals surface area contributed by atoms with E-state index in [1.54, 1.807) is 0 Å². The molecule has 2 aromatic rings. The molecule has 88 valence electrons. The van der Waals surface area contributed by atoms with Gasteiger partial charge < -0.3 is 4.90 Å². The molecule has 0 spiro atoms. The SMILES string of the molecule is CCCN(c1ccncc1)c1cccc(C)c1. The molecule has 2 nitrogen and oxygen atoms in total. The standard InChI is InChI=1S/C15H18N2/c1-3-11-17(14-7-9-16-10-8-14)15-6-4-5-13(2)12-15/h4-10,12H,3,11H2,1-2H3. The van der Waals surface area contributed by atoms with Crippen molar-refractivity contribution in [2.75, 3.05) is 11.4 Å². The number of nitrogens with zero attached hydrogens (tertiary/aromatic N) is 2. The van der Waals surface area contributed by atoms with Gasteiger partial charge in [-0.25, -0.2) is 0 Å². The molecule has 0 unspecified atom stereocenters. The number of hydrogen-bond acceptors (Lipinski definition) is 2. The summed E-state index contributed by atoms with van der Waals surface area (Å²) in [5.41, 5.74) is 3.74. The lowest BCUT2D eigenvalue weighted by Crippen LogP contribution is -2.17. The highest BCUT2D eigenvalue weighted by Gasteiger charge is 2.07. The smallest absolute Gasteiger partial charge is 0.0441 e. The first-order valence-corrected chi connectivity index (χ1v) is 6.05. The zero-order valence-electron chi connectivity index (χ0n) is 10.4. The molecule has 0 bridgehead atoms. The van der Waals surface area contributed by atoms with Crippen LogP contribution in [0.5, 0.6) is 0 Å². The lowest BCUT2D eigenvalue weighted by Gasteiger charge is -2.24. The van der Waals surface area contributed by atoms with Gasteiger partial charge in [-0.2, -0.15) is 0 Å². The quantitative estimate of drug-likeness (QED) is 0.785. The van der Waals surface area contributed by atoms with Crippen LogP contribution in [-0.4, -0.2) is 11.5 Å². The van der Waals surface area contributed by atoms with E-state index < -0.39 is 0 Å². The zero-order chi connectivity index (χ0) is 12.1. The summed E-state index contributed by atoms with van der Waals surface area (Å²) in [5.74, 6) is 0. The first-order chi connectivity index (χ1) is 8.31. The van der Waals surface area contributed by atoms with Gasteiger partial charge in [-0.15, -0.1) is 0 Å². The van der Waals surface area contributed by atoms with Crippen LogP contribution >= 0.6 is 0 Å². The molecule has 0 aliphatic carbocycles. The maximum Gasteiger partial charge on any atom is 0.0441 e. The molecule has 0 saturated carbocycles. The van der Waals surface area contributed by atoms with Crippen molar-refractivity contribution >= 4 is 11.4 Å². The van der Waals surface area contributed by atoms with Gasteiger partial charge in [0.15, 0.2) is 0 Å². The highest BCUT2D eigenvalue weighted by atomic mass is 15.1. The topological polar surface area (TPSA) is 16.1 Å². The molecular formula is C15H18N2. The number of hydrogen-bond donors (Lipinski definition) is 0. The summed E-state index contributed by atoms with van der Waals surface area (Å²) in [6, 6.07) is 12.7. The molecule has 0 amide bonds. The van der Waals surface area contributed by atoms with Crippen molar-refractivity contribution in [1.82, 2.24) is 4.98 Å². The maximum absolute atomic E-state index is 4.07. The van der Waals surface area contributed by atoms with Gasteiger partial charge in [0.25, 0.3) is 0 Å². The molecule has 17 heavy (non-hydrogen) atoms. The molecular weight excluding hydrogens is 208 g/mol. The Balaban J connectivity index is 2.35. The minimum atomic E-state index is 1.02. The molecule has 0 saturated heterocycles. The lowest BCUT2D eigenvalue weighted by molar-refractivity contribution is 0.884. The Morgan fingerprint density at radius 1 is 1.06 bits per heavy atom. The largest absolute Gasteiger partial charge is 0.341 e. The predicted molar refractivity (Wildman–Crippen MR) is 72.7 cm³/mol. The van der Waals surface area contributed by atoms with Crippen molar-refractivity contribution in [2.24, 2.45) is 0 Å². The Kier molecular flexibility index (Phi) is 3.76. The van der Waals surface area contributed by atoms with Crippen LogP contribution in [0.2, 0.25) is 0 Å². The summed E-state index contributed by atoms with van der Waals surface area (Å²) in [6.45, 7) is 5.34. The third kappa shape index (κ3) is 2.84. The van der Waals surface area contributed by atoms with E-state index in [4.69, 9.17) is 0 Å². The second-order valence-corrected chi connectivity index (χ2v) is 4.20. The van der Waals surface area contributed by atoms with Gasteiger partial charge in [0, 0.05) is 30.3 Å². The fraction of sp³-hybridized carbons (Fsp3) is 0.267. The van der Waals surface area contributed by atoms with Gasteiger partial charge in [-0.3, -0.25) is 4.98 Å². The maximum atomic E-state index is 4.07. The highest BCUT2D eigenvalue weighted by Crippen LogP contribution is 2.25. The van der Waals surface area contributed by atoms with E-state index in [1.807, 2.05) is 12.4 Å². The van der Waals surface area contributed by atoms with Crippen LogP contribution in [0.3, 0.4) is 0 Å². The summed E-state index contributed by atoms with van der Waals surface area (Å²) in [7, 11) is 0. The summed E-state index contributed by atoms with van der Waals surface area (Å²) in [5, 5.41) is 0. The van der Waals surface area contributed by atoms with Crippen LogP contribution in [0.1, 0.15) is 18.9 Å². The van der Waals surface area contributed by atoms with E-state index in [9.17, 15) is 0 Å². The number of aromatic nitrogens is 1. The van der Waals surface area contributed by atoms with E-state index in [0.717, 1.165) is 13.0 Å². The van der Waals surface area contributed by atoms with Crippen LogP contribution < -0.4 is 4.90 Å². The van der Waals surface area contributed by atoms with Gasteiger partial charge in [-0.05, 0) is 43.2 Å². The molecule has 0 fully saturated rings. The van der Waals surface area contributed by atoms with Crippen LogP contribution in [0.25, 0.3) is 0 Å². The van der Waals surface area contributed by atoms with Gasteiger partial charge in [0.2, 0.25) is 0 Å². The average molecular weight is 226 g/mol. The molecule has 0 radical (unpaired) electrons. The second-order valence-electron chi connectivity index (χ2n) is 4.20. The van der Waals surface area contributed by atoms with Crippen LogP contribution in [0, 0.1) is 6.92 Å². The summed E-state index contributed by atoms with van der Waals surface area (Å²) in [6.07, 6.45) is 4.80. The van der Waals surface area contributed by atoms with Crippen molar-refractivity contribution < 1.29 is 0 Å². The summed E-state index contributed by atoms with van der Waals surface area (Å²) in [4.78, 5) is 6.40. The first-order valence-electron chi connectivity index (χ1n) is 6.05. The third-order valence-electron chi connectivity index (χ3n) is 2.73. The summed E-state index contributed by atoms with van der Waals surface area (Å²) < 4.78 is 0. The predicted octanol–water partition coefficient (Wildman–Crippen LogP) is 3.94. The Hall–Kier alpha value is -1.83. The van der Waals surface area contributed by atoms with E-state index in [0.29, 0.717) is 0 Å². The first kappa shape index (κ1) is 11.6. The number of pyridine rings is 1. The zero-order valence-corrected chi connectivity index (χ0v) is 10.4. The normalized spacial score (nSPS) is 10.2. The molecule has 0 N–H and O–H groups in total.